The minimum atomic E-state index is -1.45. The molecular weight excluding hydrogens is 360 g/mol. The van der Waals surface area contributed by atoms with Crippen LogP contribution in [0.3, 0.4) is 0 Å². The summed E-state index contributed by atoms with van der Waals surface area (Å²) in [7, 11) is 2.22. The molecule has 0 saturated carbocycles. The third-order valence-corrected chi connectivity index (χ3v) is 3.97. The Hall–Kier alpha value is -3.43. The number of benzene rings is 1. The molecule has 2 rings (SSSR count). The van der Waals surface area contributed by atoms with Crippen LogP contribution in [-0.4, -0.2) is 49.8 Å². The van der Waals surface area contributed by atoms with Crippen LogP contribution in [0.15, 0.2) is 24.3 Å². The lowest BCUT2D eigenvalue weighted by Crippen LogP contribution is -2.51. The summed E-state index contributed by atoms with van der Waals surface area (Å²) in [6.07, 6.45) is 2.07. The van der Waals surface area contributed by atoms with Crippen LogP contribution < -0.4 is 4.90 Å². The summed E-state index contributed by atoms with van der Waals surface area (Å²) in [5.41, 5.74) is 0.449. The van der Waals surface area contributed by atoms with Gasteiger partial charge in [0, 0.05) is 17.7 Å². The van der Waals surface area contributed by atoms with Crippen molar-refractivity contribution < 1.29 is 33.5 Å². The van der Waals surface area contributed by atoms with Crippen molar-refractivity contribution in [1.82, 2.24) is 0 Å². The number of non-ortho nitro benzene ring substituents is 1. The van der Waals surface area contributed by atoms with Gasteiger partial charge in [-0.3, -0.25) is 24.6 Å². The molecule has 1 heterocycles. The fourth-order valence-electron chi connectivity index (χ4n) is 2.76. The average molecular weight is 378 g/mol. The van der Waals surface area contributed by atoms with Crippen molar-refractivity contribution in [1.29, 1.82) is 0 Å². The van der Waals surface area contributed by atoms with Crippen LogP contribution in [0.5, 0.6) is 0 Å². The standard InChI is InChI=1S/C17H18N2O8/c1-4-27-17(22)18-12-8-6-11(19(23)24)9-10(12)5-7-13(18)14(15(20)25-2)16(21)26-3/h5-9,13-14H,4H2,1-3H3. The van der Waals surface area contributed by atoms with Gasteiger partial charge in [0.2, 0.25) is 0 Å². The highest BCUT2D eigenvalue weighted by molar-refractivity contribution is 6.01. The number of nitrogens with zero attached hydrogens (tertiary/aromatic N) is 2. The lowest BCUT2D eigenvalue weighted by molar-refractivity contribution is -0.384. The van der Waals surface area contributed by atoms with Gasteiger partial charge in [-0.05, 0) is 13.0 Å². The molecule has 144 valence electrons. The molecule has 0 radical (unpaired) electrons. The van der Waals surface area contributed by atoms with Crippen molar-refractivity contribution >= 4 is 35.5 Å². The molecule has 0 N–H and O–H groups in total. The zero-order valence-electron chi connectivity index (χ0n) is 14.9. The second kappa shape index (κ2) is 8.30. The summed E-state index contributed by atoms with van der Waals surface area (Å²) in [5.74, 6) is -3.24. The monoisotopic (exact) mass is 378 g/mol. The van der Waals surface area contributed by atoms with Crippen molar-refractivity contribution in [2.24, 2.45) is 5.92 Å². The van der Waals surface area contributed by atoms with Gasteiger partial charge in [-0.1, -0.05) is 12.2 Å². The van der Waals surface area contributed by atoms with Gasteiger partial charge in [-0.2, -0.15) is 0 Å². The minimum Gasteiger partial charge on any atom is -0.468 e. The van der Waals surface area contributed by atoms with E-state index in [-0.39, 0.29) is 18.0 Å². The molecule has 1 aliphatic heterocycles. The third-order valence-electron chi connectivity index (χ3n) is 3.97. The van der Waals surface area contributed by atoms with Crippen LogP contribution in [0.4, 0.5) is 16.2 Å². The van der Waals surface area contributed by atoms with Gasteiger partial charge in [0.25, 0.3) is 5.69 Å². The van der Waals surface area contributed by atoms with E-state index in [0.29, 0.717) is 5.56 Å². The predicted molar refractivity (Wildman–Crippen MR) is 92.9 cm³/mol. The van der Waals surface area contributed by atoms with E-state index in [9.17, 15) is 24.5 Å². The molecule has 10 heteroatoms. The maximum absolute atomic E-state index is 12.5. The number of anilines is 1. The number of hydrogen-bond acceptors (Lipinski definition) is 8. The number of nitro benzene ring substituents is 1. The Morgan fingerprint density at radius 1 is 1.22 bits per heavy atom. The molecule has 1 unspecified atom stereocenters. The van der Waals surface area contributed by atoms with Gasteiger partial charge in [-0.15, -0.1) is 0 Å². The zero-order chi connectivity index (χ0) is 20.1. The molecule has 1 aliphatic rings. The molecule has 27 heavy (non-hydrogen) atoms. The van der Waals surface area contributed by atoms with E-state index < -0.39 is 34.9 Å². The number of ether oxygens (including phenoxy) is 3. The molecule has 0 bridgehead atoms. The van der Waals surface area contributed by atoms with Crippen LogP contribution in [0.25, 0.3) is 6.08 Å². The first-order valence-electron chi connectivity index (χ1n) is 7.94. The van der Waals surface area contributed by atoms with Crippen molar-refractivity contribution in [2.45, 2.75) is 13.0 Å². The highest BCUT2D eigenvalue weighted by Crippen LogP contribution is 2.35. The quantitative estimate of drug-likeness (QED) is 0.250. The average Bonchev–Trinajstić information content (AvgIpc) is 2.66. The molecule has 0 aromatic heterocycles. The summed E-state index contributed by atoms with van der Waals surface area (Å²) >= 11 is 0. The normalized spacial score (nSPS) is 15.1. The summed E-state index contributed by atoms with van der Waals surface area (Å²) in [5, 5.41) is 11.0. The van der Waals surface area contributed by atoms with Gasteiger partial charge in [-0.25, -0.2) is 4.79 Å². The Kier molecular flexibility index (Phi) is 6.11. The van der Waals surface area contributed by atoms with Gasteiger partial charge in [0.15, 0.2) is 5.92 Å². The molecule has 0 saturated heterocycles. The molecule has 0 spiro atoms. The van der Waals surface area contributed by atoms with Crippen LogP contribution in [-0.2, 0) is 23.8 Å². The number of carbonyl (C=O) groups excluding carboxylic acids is 3. The molecule has 1 aromatic carbocycles. The first kappa shape index (κ1) is 19.9. The molecule has 10 nitrogen and oxygen atoms in total. The van der Waals surface area contributed by atoms with Crippen LogP contribution in [0, 0.1) is 16.0 Å². The number of hydrogen-bond donors (Lipinski definition) is 0. The van der Waals surface area contributed by atoms with Crippen LogP contribution in [0.2, 0.25) is 0 Å². The number of carbonyl (C=O) groups is 3. The van der Waals surface area contributed by atoms with Crippen molar-refractivity contribution in [2.75, 3.05) is 25.7 Å². The topological polar surface area (TPSA) is 125 Å². The van der Waals surface area contributed by atoms with Crippen LogP contribution >= 0.6 is 0 Å². The number of amides is 1. The second-order valence-electron chi connectivity index (χ2n) is 5.44. The lowest BCUT2D eigenvalue weighted by atomic mass is 9.92. The number of nitro groups is 1. The van der Waals surface area contributed by atoms with Crippen molar-refractivity contribution in [3.8, 4) is 0 Å². The number of fused-ring (bicyclic) bond motifs is 1. The smallest absolute Gasteiger partial charge is 0.414 e. The lowest BCUT2D eigenvalue weighted by Gasteiger charge is -2.35. The first-order chi connectivity index (χ1) is 12.8. The predicted octanol–water partition coefficient (Wildman–Crippen LogP) is 1.92. The number of esters is 2. The fourth-order valence-corrected chi connectivity index (χ4v) is 2.76. The van der Waals surface area contributed by atoms with E-state index in [1.165, 1.54) is 30.4 Å². The first-order valence-corrected chi connectivity index (χ1v) is 7.94. The highest BCUT2D eigenvalue weighted by atomic mass is 16.6. The van der Waals surface area contributed by atoms with Gasteiger partial charge < -0.3 is 14.2 Å². The van der Waals surface area contributed by atoms with Gasteiger partial charge in [0.1, 0.15) is 0 Å². The summed E-state index contributed by atoms with van der Waals surface area (Å²) in [4.78, 5) is 48.4. The fraction of sp³-hybridized carbons (Fsp3) is 0.353. The maximum atomic E-state index is 12.5. The summed E-state index contributed by atoms with van der Waals surface area (Å²) < 4.78 is 14.4. The van der Waals surface area contributed by atoms with Gasteiger partial charge >= 0.3 is 18.0 Å². The Labute approximate surface area is 154 Å². The molecule has 0 fully saturated rings. The summed E-state index contributed by atoms with van der Waals surface area (Å²) in [6, 6.07) is 2.76. The molecule has 1 atom stereocenters. The molecule has 0 aliphatic carbocycles. The molecule has 1 aromatic rings. The Bertz CT molecular complexity index is 788. The molecular formula is C17H18N2O8. The van der Waals surface area contributed by atoms with E-state index in [0.717, 1.165) is 19.1 Å². The Balaban J connectivity index is 2.58. The second-order valence-corrected chi connectivity index (χ2v) is 5.44. The van der Waals surface area contributed by atoms with Gasteiger partial charge in [0.05, 0.1) is 37.5 Å². The van der Waals surface area contributed by atoms with E-state index in [1.807, 2.05) is 0 Å². The van der Waals surface area contributed by atoms with E-state index >= 15 is 0 Å². The van der Waals surface area contributed by atoms with E-state index in [4.69, 9.17) is 4.74 Å². The largest absolute Gasteiger partial charge is 0.468 e. The van der Waals surface area contributed by atoms with E-state index in [2.05, 4.69) is 9.47 Å². The Morgan fingerprint density at radius 3 is 2.37 bits per heavy atom. The number of rotatable bonds is 5. The third kappa shape index (κ3) is 3.89. The van der Waals surface area contributed by atoms with Crippen molar-refractivity contribution in [3.63, 3.8) is 0 Å². The van der Waals surface area contributed by atoms with Crippen LogP contribution in [0.1, 0.15) is 12.5 Å². The zero-order valence-corrected chi connectivity index (χ0v) is 14.9. The Morgan fingerprint density at radius 2 is 1.85 bits per heavy atom. The SMILES string of the molecule is CCOC(=O)N1c2ccc([N+](=O)[O-])cc2C=CC1C(C(=O)OC)C(=O)OC. The molecule has 1 amide bonds. The maximum Gasteiger partial charge on any atom is 0.414 e. The highest BCUT2D eigenvalue weighted by Gasteiger charge is 2.43. The van der Waals surface area contributed by atoms with E-state index in [1.54, 1.807) is 6.92 Å². The summed E-state index contributed by atoms with van der Waals surface area (Å²) in [6.45, 7) is 1.65. The number of methoxy groups -OCH3 is 2. The van der Waals surface area contributed by atoms with Crippen molar-refractivity contribution in [3.05, 3.63) is 40.0 Å². The minimum absolute atomic E-state index is 0.0508.